The van der Waals surface area contributed by atoms with Gasteiger partial charge in [-0.15, -0.1) is 5.10 Å². The number of benzene rings is 2. The van der Waals surface area contributed by atoms with E-state index >= 15 is 0 Å². The molecule has 3 rings (SSSR count). The molecule has 0 saturated carbocycles. The number of aryl methyl sites for hydroxylation is 1. The van der Waals surface area contributed by atoms with E-state index in [0.29, 0.717) is 22.6 Å². The molecule has 160 valence electrons. The number of hydrogen-bond donors (Lipinski definition) is 0. The maximum Gasteiger partial charge on any atom is 0.338 e. The minimum Gasteiger partial charge on any atom is -0.461 e. The molecular weight excluding hydrogens is 398 g/mol. The third-order valence-corrected chi connectivity index (χ3v) is 4.15. The molecule has 0 fully saturated rings. The molecule has 0 aliphatic heterocycles. The summed E-state index contributed by atoms with van der Waals surface area (Å²) in [7, 11) is 0. The number of esters is 2. The summed E-state index contributed by atoms with van der Waals surface area (Å²) in [5.41, 5.74) is 3.14. The summed E-state index contributed by atoms with van der Waals surface area (Å²) in [5.74, 6) is -0.771. The summed E-state index contributed by atoms with van der Waals surface area (Å²) in [5, 5.41) is 16.3. The molecule has 1 aromatic heterocycles. The van der Waals surface area contributed by atoms with Crippen LogP contribution in [-0.2, 0) is 34.0 Å². The number of carbonyl (C=O) groups is 2. The van der Waals surface area contributed by atoms with Crippen LogP contribution in [0.25, 0.3) is 0 Å². The smallest absolute Gasteiger partial charge is 0.338 e. The Morgan fingerprint density at radius 1 is 0.935 bits per heavy atom. The van der Waals surface area contributed by atoms with E-state index in [-0.39, 0.29) is 19.2 Å². The number of hydrogen-bond acceptors (Lipinski definition) is 8. The van der Waals surface area contributed by atoms with Crippen LogP contribution in [0.4, 0.5) is 11.4 Å². The van der Waals surface area contributed by atoms with Gasteiger partial charge in [0.15, 0.2) is 0 Å². The Hall–Kier alpha value is -3.88. The van der Waals surface area contributed by atoms with Crippen LogP contribution in [0.1, 0.15) is 41.9 Å². The van der Waals surface area contributed by atoms with E-state index < -0.39 is 5.97 Å². The molecule has 2 aromatic carbocycles. The third kappa shape index (κ3) is 6.84. The molecular formula is C22H23N5O4. The number of azo groups is 1. The fourth-order valence-corrected chi connectivity index (χ4v) is 2.59. The van der Waals surface area contributed by atoms with Crippen LogP contribution in [-0.4, -0.2) is 26.9 Å². The van der Waals surface area contributed by atoms with Crippen LogP contribution in [0, 0.1) is 0 Å². The molecule has 9 nitrogen and oxygen atoms in total. The lowest BCUT2D eigenvalue weighted by Crippen LogP contribution is -2.05. The molecule has 0 spiro atoms. The Morgan fingerprint density at radius 2 is 1.58 bits per heavy atom. The van der Waals surface area contributed by atoms with Gasteiger partial charge >= 0.3 is 11.9 Å². The van der Waals surface area contributed by atoms with Gasteiger partial charge in [-0.25, -0.2) is 4.79 Å². The SMILES string of the molecule is CCCn1cc(COC(=O)c2ccc(N=Nc3ccc(COC(C)=O)cc3)cc2)nn1. The second kappa shape index (κ2) is 10.8. The van der Waals surface area contributed by atoms with Crippen molar-refractivity contribution in [3.8, 4) is 0 Å². The van der Waals surface area contributed by atoms with Crippen molar-refractivity contribution in [3.63, 3.8) is 0 Å². The maximum absolute atomic E-state index is 12.2. The van der Waals surface area contributed by atoms with Gasteiger partial charge in [-0.3, -0.25) is 9.48 Å². The van der Waals surface area contributed by atoms with Gasteiger partial charge in [-0.1, -0.05) is 24.3 Å². The van der Waals surface area contributed by atoms with Crippen molar-refractivity contribution in [1.82, 2.24) is 15.0 Å². The monoisotopic (exact) mass is 421 g/mol. The maximum atomic E-state index is 12.2. The van der Waals surface area contributed by atoms with Gasteiger partial charge in [-0.2, -0.15) is 10.2 Å². The minimum absolute atomic E-state index is 0.0669. The predicted octanol–water partition coefficient (Wildman–Crippen LogP) is 4.52. The van der Waals surface area contributed by atoms with Gasteiger partial charge in [0, 0.05) is 13.5 Å². The average molecular weight is 421 g/mol. The van der Waals surface area contributed by atoms with E-state index in [1.165, 1.54) is 6.92 Å². The lowest BCUT2D eigenvalue weighted by atomic mass is 10.2. The predicted molar refractivity (Wildman–Crippen MR) is 112 cm³/mol. The molecule has 0 aliphatic rings. The summed E-state index contributed by atoms with van der Waals surface area (Å²) >= 11 is 0. The Morgan fingerprint density at radius 3 is 2.19 bits per heavy atom. The molecule has 0 unspecified atom stereocenters. The van der Waals surface area contributed by atoms with Crippen molar-refractivity contribution < 1.29 is 19.1 Å². The summed E-state index contributed by atoms with van der Waals surface area (Å²) in [4.78, 5) is 23.0. The lowest BCUT2D eigenvalue weighted by Gasteiger charge is -2.03. The highest BCUT2D eigenvalue weighted by Gasteiger charge is 2.09. The molecule has 0 radical (unpaired) electrons. The molecule has 0 bridgehead atoms. The highest BCUT2D eigenvalue weighted by molar-refractivity contribution is 5.89. The van der Waals surface area contributed by atoms with Crippen molar-refractivity contribution in [1.29, 1.82) is 0 Å². The Balaban J connectivity index is 1.51. The molecule has 3 aromatic rings. The number of ether oxygens (including phenoxy) is 2. The van der Waals surface area contributed by atoms with E-state index in [2.05, 4.69) is 20.5 Å². The second-order valence-electron chi connectivity index (χ2n) is 6.74. The zero-order chi connectivity index (χ0) is 22.1. The minimum atomic E-state index is -0.447. The Bertz CT molecular complexity index is 1040. The van der Waals surface area contributed by atoms with Crippen LogP contribution >= 0.6 is 0 Å². The van der Waals surface area contributed by atoms with Gasteiger partial charge in [0.1, 0.15) is 18.9 Å². The Kier molecular flexibility index (Phi) is 7.58. The van der Waals surface area contributed by atoms with Crippen molar-refractivity contribution >= 4 is 23.3 Å². The van der Waals surface area contributed by atoms with E-state index in [9.17, 15) is 9.59 Å². The largest absolute Gasteiger partial charge is 0.461 e. The molecule has 31 heavy (non-hydrogen) atoms. The lowest BCUT2D eigenvalue weighted by molar-refractivity contribution is -0.142. The van der Waals surface area contributed by atoms with Crippen molar-refractivity contribution in [3.05, 3.63) is 71.5 Å². The summed E-state index contributed by atoms with van der Waals surface area (Å²) < 4.78 is 11.9. The fourth-order valence-electron chi connectivity index (χ4n) is 2.59. The fraction of sp³-hybridized carbons (Fsp3) is 0.273. The molecule has 0 saturated heterocycles. The average Bonchev–Trinajstić information content (AvgIpc) is 3.23. The molecule has 0 amide bonds. The molecule has 0 N–H and O–H groups in total. The standard InChI is InChI=1S/C22H23N5O4/c1-3-12-27-13-21(25-26-27)15-31-22(29)18-6-10-20(11-7-18)24-23-19-8-4-17(5-9-19)14-30-16(2)28/h4-11,13H,3,12,14-15H2,1-2H3. The van der Waals surface area contributed by atoms with Crippen molar-refractivity contribution in [2.24, 2.45) is 10.2 Å². The van der Waals surface area contributed by atoms with Gasteiger partial charge in [0.05, 0.1) is 23.1 Å². The van der Waals surface area contributed by atoms with E-state index in [1.807, 2.05) is 19.1 Å². The zero-order valence-electron chi connectivity index (χ0n) is 17.4. The quantitative estimate of drug-likeness (QED) is 0.371. The molecule has 0 atom stereocenters. The van der Waals surface area contributed by atoms with Gasteiger partial charge in [-0.05, 0) is 48.4 Å². The summed E-state index contributed by atoms with van der Waals surface area (Å²) in [6.07, 6.45) is 2.72. The van der Waals surface area contributed by atoms with Gasteiger partial charge < -0.3 is 9.47 Å². The van der Waals surface area contributed by atoms with Gasteiger partial charge in [0.2, 0.25) is 0 Å². The number of carbonyl (C=O) groups excluding carboxylic acids is 2. The topological polar surface area (TPSA) is 108 Å². The second-order valence-corrected chi connectivity index (χ2v) is 6.74. The normalized spacial score (nSPS) is 10.9. The highest BCUT2D eigenvalue weighted by atomic mass is 16.5. The van der Waals surface area contributed by atoms with Crippen LogP contribution in [0.5, 0.6) is 0 Å². The highest BCUT2D eigenvalue weighted by Crippen LogP contribution is 2.20. The first-order valence-corrected chi connectivity index (χ1v) is 9.83. The first kappa shape index (κ1) is 21.8. The Labute approximate surface area is 179 Å². The third-order valence-electron chi connectivity index (χ3n) is 4.15. The first-order chi connectivity index (χ1) is 15.0. The zero-order valence-corrected chi connectivity index (χ0v) is 17.4. The number of aromatic nitrogens is 3. The summed E-state index contributed by atoms with van der Waals surface area (Å²) in [6, 6.07) is 13.8. The molecule has 0 aliphatic carbocycles. The van der Waals surface area contributed by atoms with E-state index in [1.54, 1.807) is 47.3 Å². The summed E-state index contributed by atoms with van der Waals surface area (Å²) in [6.45, 7) is 4.48. The van der Waals surface area contributed by atoms with E-state index in [0.717, 1.165) is 18.5 Å². The molecule has 1 heterocycles. The van der Waals surface area contributed by atoms with Gasteiger partial charge in [0.25, 0.3) is 0 Å². The number of rotatable bonds is 9. The molecule has 9 heteroatoms. The van der Waals surface area contributed by atoms with Crippen LogP contribution < -0.4 is 0 Å². The van der Waals surface area contributed by atoms with Crippen molar-refractivity contribution in [2.75, 3.05) is 0 Å². The first-order valence-electron chi connectivity index (χ1n) is 9.83. The van der Waals surface area contributed by atoms with Crippen LogP contribution in [0.3, 0.4) is 0 Å². The van der Waals surface area contributed by atoms with Crippen LogP contribution in [0.15, 0.2) is 65.0 Å². The van der Waals surface area contributed by atoms with E-state index in [4.69, 9.17) is 9.47 Å². The van der Waals surface area contributed by atoms with Crippen LogP contribution in [0.2, 0.25) is 0 Å². The number of nitrogens with zero attached hydrogens (tertiary/aromatic N) is 5. The van der Waals surface area contributed by atoms with Crippen molar-refractivity contribution in [2.45, 2.75) is 40.0 Å².